The summed E-state index contributed by atoms with van der Waals surface area (Å²) in [6.07, 6.45) is 36.7. The van der Waals surface area contributed by atoms with E-state index in [1.54, 1.807) is 103 Å². The first-order valence-corrected chi connectivity index (χ1v) is 50.0. The number of aliphatic hydroxyl groups is 1. The molecule has 2 aliphatic carbocycles. The molecule has 0 bridgehead atoms. The van der Waals surface area contributed by atoms with Gasteiger partial charge in [0.1, 0.15) is 64.6 Å². The molecule has 12 aromatic heterocycles. The number of allylic oxidation sites excluding steroid dienone is 2. The first kappa shape index (κ1) is 110. The summed E-state index contributed by atoms with van der Waals surface area (Å²) in [5, 5.41) is 22.5. The fourth-order valence-corrected chi connectivity index (χ4v) is 15.7. The molecular formula is C98H129Br4N29O10. The number of pyridine rings is 6. The summed E-state index contributed by atoms with van der Waals surface area (Å²) in [6.45, 7) is 30.7. The Hall–Kier alpha value is -12.7. The number of hydrogen-bond donors (Lipinski definition) is 11. The zero-order valence-electron chi connectivity index (χ0n) is 82.4. The molecule has 1 unspecified atom stereocenters. The maximum atomic E-state index is 9.73. The fraction of sp³-hybridized carbons (Fsp3) is 0.429. The minimum atomic E-state index is -0.477. The fourth-order valence-electron chi connectivity index (χ4n) is 14.4. The van der Waals surface area contributed by atoms with E-state index in [0.29, 0.717) is 156 Å². The van der Waals surface area contributed by atoms with Crippen molar-refractivity contribution in [2.24, 2.45) is 0 Å². The van der Waals surface area contributed by atoms with Gasteiger partial charge >= 0.3 is 0 Å². The Morgan fingerprint density at radius 1 is 0.404 bits per heavy atom. The van der Waals surface area contributed by atoms with Gasteiger partial charge < -0.3 is 108 Å². The molecule has 13 heterocycles. The predicted molar refractivity (Wildman–Crippen MR) is 565 cm³/mol. The Kier molecular flexibility index (Phi) is 43.9. The number of hydrogen-bond acceptors (Lipinski definition) is 39. The third-order valence-electron chi connectivity index (χ3n) is 22.0. The lowest BCUT2D eigenvalue weighted by molar-refractivity contribution is 0.183. The van der Waals surface area contributed by atoms with Crippen LogP contribution in [-0.4, -0.2) is 180 Å². The second-order valence-corrected chi connectivity index (χ2v) is 37.3. The normalized spacial score (nSPS) is 13.0. The molecule has 754 valence electrons. The van der Waals surface area contributed by atoms with Crippen molar-refractivity contribution in [1.82, 2.24) is 94.6 Å². The van der Waals surface area contributed by atoms with Crippen molar-refractivity contribution in [3.8, 4) is 80.8 Å². The van der Waals surface area contributed by atoms with Gasteiger partial charge in [0.05, 0.1) is 64.1 Å². The number of nitrogen functional groups attached to an aromatic ring is 6. The molecule has 1 saturated carbocycles. The van der Waals surface area contributed by atoms with E-state index in [9.17, 15) is 5.11 Å². The molecule has 0 aromatic carbocycles. The number of methoxy groups -OCH3 is 3. The van der Waals surface area contributed by atoms with E-state index in [1.165, 1.54) is 57.0 Å². The van der Waals surface area contributed by atoms with Crippen molar-refractivity contribution in [3.63, 3.8) is 0 Å². The second kappa shape index (κ2) is 56.1. The van der Waals surface area contributed by atoms with Crippen molar-refractivity contribution < 1.29 is 47.7 Å². The van der Waals surface area contributed by atoms with Crippen LogP contribution < -0.4 is 93.6 Å². The quantitative estimate of drug-likeness (QED) is 0.0128. The van der Waals surface area contributed by atoms with E-state index in [-0.39, 0.29) is 47.5 Å². The molecule has 1 aliphatic heterocycles. The number of nitrogens with two attached hydrogens (primary N) is 6. The molecule has 39 nitrogen and oxygen atoms in total. The van der Waals surface area contributed by atoms with Gasteiger partial charge in [0.2, 0.25) is 35.6 Å². The van der Waals surface area contributed by atoms with Gasteiger partial charge in [-0.1, -0.05) is 101 Å². The van der Waals surface area contributed by atoms with Crippen LogP contribution in [-0.2, 0) is 4.74 Å². The van der Waals surface area contributed by atoms with Gasteiger partial charge in [-0.15, -0.1) is 0 Å². The van der Waals surface area contributed by atoms with E-state index in [1.807, 2.05) is 43.7 Å². The zero-order valence-corrected chi connectivity index (χ0v) is 88.7. The summed E-state index contributed by atoms with van der Waals surface area (Å²) < 4.78 is 54.4. The minimum Gasteiger partial charge on any atom is -0.481 e. The molecule has 3 aliphatic rings. The summed E-state index contributed by atoms with van der Waals surface area (Å²) in [6, 6.07) is 10.9. The number of ether oxygens (including phenoxy) is 9. The van der Waals surface area contributed by atoms with Crippen molar-refractivity contribution in [2.45, 2.75) is 202 Å². The van der Waals surface area contributed by atoms with Crippen LogP contribution in [0.2, 0.25) is 0 Å². The minimum absolute atomic E-state index is 0.135. The van der Waals surface area contributed by atoms with Gasteiger partial charge in [-0.2, -0.15) is 19.9 Å². The lowest BCUT2D eigenvalue weighted by atomic mass is 9.98. The number of nitrogens with one attached hydrogen (secondary N) is 4. The highest BCUT2D eigenvalue weighted by Gasteiger charge is 2.26. The van der Waals surface area contributed by atoms with E-state index in [4.69, 9.17) is 77.0 Å². The summed E-state index contributed by atoms with van der Waals surface area (Å²) >= 11 is 13.5. The number of likely N-dealkylation sites (tertiary alicyclic amines) is 1. The van der Waals surface area contributed by atoms with Crippen LogP contribution in [0.3, 0.4) is 0 Å². The lowest BCUT2D eigenvalue weighted by Gasteiger charge is -2.26. The first-order chi connectivity index (χ1) is 67.8. The molecule has 12 aromatic rings. The summed E-state index contributed by atoms with van der Waals surface area (Å²) in [4.78, 5) is 77.7. The Morgan fingerprint density at radius 3 is 1.17 bits per heavy atom. The molecule has 2 fully saturated rings. The van der Waals surface area contributed by atoms with Crippen LogP contribution in [0.25, 0.3) is 5.57 Å². The third kappa shape index (κ3) is 34.6. The van der Waals surface area contributed by atoms with E-state index >= 15 is 0 Å². The standard InChI is InChI=1S/C19H27BrN6O.C16H22BrN5O2.C16H22BrN5O.C16H20N4O2.C16H18N4O2.C15H20BrN5O2/c1-13(2)14-11-23-17(20)10-15(14)27-16-12-24-19(21)25-18(16)22-6-9-26-7-4-3-5-8-26;1-4-10(23)6-20-15-13(8-21-16(18)22-15)24-12-5-14(17)19-7-11(12)9(2)3;1-4-5-6-19-15-13(9-21-16(18)22-15)23-12-7-14(17)20-8-11(12)10(2)3;2*1-10-18-9-14(16(17)20-10)22-13-7-15(21-2)19-8-12(13)11-5-3-4-6-11;1-9(2)10-7-19-13(16)6-11(10)23-12-8-20-15(17)21-14(12)18-4-5-22-3/h10-13H,3-9H2,1-2H3,(H3,21,22,24,25);5,7-10,23H,4,6H2,1-3H3,(H3,18,20,21,22);7-10H,4-6H2,1-3H3,(H3,18,19,21,22);7-9,11H,3-6H2,1-2H3,(H2,17,18,20);5,7-9H,3-4,6H2,1-2H3,(H2,17,18,20);6-9H,4-5H2,1-3H3,(H3,17,18,20,21). The topological polar surface area (TPSA) is 543 Å². The summed E-state index contributed by atoms with van der Waals surface area (Å²) in [5.41, 5.74) is 41.9. The highest BCUT2D eigenvalue weighted by molar-refractivity contribution is 9.11. The molecule has 0 radical (unpaired) electrons. The smallest absolute Gasteiger partial charge is 0.222 e. The monoisotopic (exact) mass is 2190 g/mol. The van der Waals surface area contributed by atoms with Crippen molar-refractivity contribution in [1.29, 1.82) is 0 Å². The second-order valence-electron chi connectivity index (χ2n) is 34.1. The number of anilines is 10. The van der Waals surface area contributed by atoms with E-state index < -0.39 is 6.10 Å². The van der Waals surface area contributed by atoms with Gasteiger partial charge in [0.15, 0.2) is 69.4 Å². The van der Waals surface area contributed by atoms with Gasteiger partial charge in [-0.3, -0.25) is 0 Å². The molecule has 141 heavy (non-hydrogen) atoms. The van der Waals surface area contributed by atoms with Crippen LogP contribution in [0.4, 0.5) is 58.7 Å². The van der Waals surface area contributed by atoms with E-state index in [0.717, 1.165) is 120 Å². The van der Waals surface area contributed by atoms with E-state index in [2.05, 4.69) is 248 Å². The largest absolute Gasteiger partial charge is 0.481 e. The molecule has 43 heteroatoms. The average molecular weight is 2190 g/mol. The Morgan fingerprint density at radius 2 is 0.787 bits per heavy atom. The molecule has 15 rings (SSSR count). The lowest BCUT2D eigenvalue weighted by Crippen LogP contribution is -2.33. The van der Waals surface area contributed by atoms with Crippen LogP contribution in [0.5, 0.6) is 80.8 Å². The van der Waals surface area contributed by atoms with Crippen molar-refractivity contribution in [3.05, 3.63) is 180 Å². The van der Waals surface area contributed by atoms with Crippen LogP contribution in [0.15, 0.2) is 135 Å². The molecule has 0 amide bonds. The number of piperidine rings is 1. The van der Waals surface area contributed by atoms with Crippen molar-refractivity contribution >= 4 is 128 Å². The van der Waals surface area contributed by atoms with Gasteiger partial charge in [-0.25, -0.2) is 69.8 Å². The summed E-state index contributed by atoms with van der Waals surface area (Å²) in [7, 11) is 4.80. The Balaban J connectivity index is 0.000000174. The van der Waals surface area contributed by atoms with Gasteiger partial charge in [0, 0.05) is 147 Å². The Bertz CT molecular complexity index is 5930. The summed E-state index contributed by atoms with van der Waals surface area (Å²) in [5.74, 6) is 14.5. The van der Waals surface area contributed by atoms with Gasteiger partial charge in [0.25, 0.3) is 0 Å². The number of rotatable bonds is 36. The maximum Gasteiger partial charge on any atom is 0.222 e. The van der Waals surface area contributed by atoms with Crippen LogP contribution in [0, 0.1) is 13.8 Å². The number of halogens is 4. The molecule has 1 atom stereocenters. The van der Waals surface area contributed by atoms with Crippen LogP contribution in [0.1, 0.15) is 227 Å². The highest BCUT2D eigenvalue weighted by Crippen LogP contribution is 2.45. The zero-order chi connectivity index (χ0) is 102. The maximum absolute atomic E-state index is 9.73. The molecule has 17 N–H and O–H groups in total. The predicted octanol–water partition coefficient (Wildman–Crippen LogP) is 21.2. The Labute approximate surface area is 857 Å². The highest BCUT2D eigenvalue weighted by atomic mass is 79.9. The molecule has 0 spiro atoms. The number of aromatic nitrogens is 18. The number of nitrogens with zero attached hydrogens (tertiary/aromatic N) is 19. The molecule has 1 saturated heterocycles. The number of unbranched alkanes of at least 4 members (excludes halogenated alkanes) is 1. The van der Waals surface area contributed by atoms with Crippen molar-refractivity contribution in [2.75, 3.05) is 129 Å². The van der Waals surface area contributed by atoms with Gasteiger partial charge in [-0.05, 0) is 184 Å². The number of aliphatic hydroxyl groups excluding tert-OH is 1. The first-order valence-electron chi connectivity index (χ1n) is 46.8. The third-order valence-corrected chi connectivity index (χ3v) is 23.8. The van der Waals surface area contributed by atoms with Crippen LogP contribution >= 0.6 is 63.7 Å². The number of aryl methyl sites for hydroxylation is 2. The average Bonchev–Trinajstić information content (AvgIpc) is 1.81. The SMILES string of the molecule is CC(C)c1cnc(Br)cc1Oc1cnc(N)nc1NCCN1CCCCC1.CCC(O)CNc1nc(N)ncc1Oc1cc(Br)ncc1C(C)C.CCCCNc1nc(N)ncc1Oc1cc(Br)ncc1C(C)C.COCCNc1nc(N)ncc1Oc1cc(Br)ncc1C(C)C.COc1cc(Oc2cnc(C)nc2N)c(C2=CCCC2)cn1.COc1cc(Oc2cnc(C)nc2N)c(C2CCCC2)cn1. The molecular weight excluding hydrogens is 2060 g/mol.